The molecule has 0 saturated carbocycles. The Hall–Kier alpha value is -3.31. The normalized spacial score (nSPS) is 10.2. The molecule has 6 heteroatoms. The number of hydrogen-bond donors (Lipinski definition) is 3. The van der Waals surface area contributed by atoms with Crippen LogP contribution in [0.4, 0.5) is 17.1 Å². The topological polar surface area (TPSA) is 70.2 Å². The highest BCUT2D eigenvalue weighted by Gasteiger charge is 2.13. The summed E-state index contributed by atoms with van der Waals surface area (Å²) < 4.78 is 0. The molecule has 0 spiro atoms. The minimum Gasteiger partial charge on any atom is -0.376 e. The minimum absolute atomic E-state index is 0.0514. The number of carbonyl (C=O) groups is 2. The Bertz CT molecular complexity index is 990. The molecule has 5 nitrogen and oxygen atoms in total. The van der Waals surface area contributed by atoms with Gasteiger partial charge in [0.05, 0.1) is 17.8 Å². The molecule has 0 fully saturated rings. The van der Waals surface area contributed by atoms with Gasteiger partial charge in [-0.05, 0) is 48.9 Å². The van der Waals surface area contributed by atoms with E-state index in [9.17, 15) is 9.59 Å². The van der Waals surface area contributed by atoms with Crippen molar-refractivity contribution in [2.24, 2.45) is 0 Å². The molecular weight excluding hydrogens is 374 g/mol. The highest BCUT2D eigenvalue weighted by atomic mass is 35.5. The molecule has 0 saturated heterocycles. The quantitative estimate of drug-likeness (QED) is 0.554. The van der Waals surface area contributed by atoms with Crippen LogP contribution in [-0.4, -0.2) is 18.4 Å². The Labute approximate surface area is 168 Å². The van der Waals surface area contributed by atoms with E-state index in [4.69, 9.17) is 11.6 Å². The van der Waals surface area contributed by atoms with Crippen LogP contribution in [0.15, 0.2) is 72.8 Å². The maximum Gasteiger partial charge on any atom is 0.257 e. The number of hydrogen-bond acceptors (Lipinski definition) is 3. The third kappa shape index (κ3) is 5.11. The lowest BCUT2D eigenvalue weighted by Gasteiger charge is -2.13. The van der Waals surface area contributed by atoms with Crippen molar-refractivity contribution in [3.63, 3.8) is 0 Å². The summed E-state index contributed by atoms with van der Waals surface area (Å²) in [5.41, 5.74) is 3.30. The van der Waals surface area contributed by atoms with Crippen molar-refractivity contribution in [2.75, 3.05) is 22.5 Å². The van der Waals surface area contributed by atoms with Crippen molar-refractivity contribution in [2.45, 2.75) is 6.92 Å². The smallest absolute Gasteiger partial charge is 0.257 e. The summed E-state index contributed by atoms with van der Waals surface area (Å²) >= 11 is 6.00. The second-order valence-corrected chi connectivity index (χ2v) is 6.66. The van der Waals surface area contributed by atoms with Crippen molar-refractivity contribution >= 4 is 40.5 Å². The Kier molecular flexibility index (Phi) is 6.29. The van der Waals surface area contributed by atoms with Crippen LogP contribution in [0.2, 0.25) is 5.02 Å². The molecule has 3 aromatic rings. The fourth-order valence-electron chi connectivity index (χ4n) is 2.66. The third-order valence-electron chi connectivity index (χ3n) is 4.12. The van der Waals surface area contributed by atoms with Crippen LogP contribution in [-0.2, 0) is 4.79 Å². The van der Waals surface area contributed by atoms with E-state index in [1.165, 1.54) is 0 Å². The molecule has 0 heterocycles. The fraction of sp³-hybridized carbons (Fsp3) is 0.0909. The van der Waals surface area contributed by atoms with E-state index in [0.717, 1.165) is 11.3 Å². The molecule has 2 amide bonds. The van der Waals surface area contributed by atoms with Gasteiger partial charge in [-0.1, -0.05) is 48.0 Å². The van der Waals surface area contributed by atoms with E-state index in [0.29, 0.717) is 22.0 Å². The maximum atomic E-state index is 12.6. The van der Waals surface area contributed by atoms with E-state index in [1.54, 1.807) is 48.5 Å². The van der Waals surface area contributed by atoms with Gasteiger partial charge in [0.25, 0.3) is 5.91 Å². The summed E-state index contributed by atoms with van der Waals surface area (Å²) in [6, 6.07) is 21.5. The number of para-hydroxylation sites is 2. The van der Waals surface area contributed by atoms with Crippen molar-refractivity contribution in [1.29, 1.82) is 0 Å². The van der Waals surface area contributed by atoms with E-state index in [2.05, 4.69) is 16.0 Å². The van der Waals surface area contributed by atoms with Gasteiger partial charge in [-0.25, -0.2) is 0 Å². The van der Waals surface area contributed by atoms with Crippen LogP contribution in [0.3, 0.4) is 0 Å². The highest BCUT2D eigenvalue weighted by molar-refractivity contribution is 6.30. The van der Waals surface area contributed by atoms with Gasteiger partial charge in [0.2, 0.25) is 5.91 Å². The van der Waals surface area contributed by atoms with Gasteiger partial charge in [0.1, 0.15) is 0 Å². The molecule has 0 bridgehead atoms. The highest BCUT2D eigenvalue weighted by Crippen LogP contribution is 2.20. The molecule has 3 N–H and O–H groups in total. The summed E-state index contributed by atoms with van der Waals surface area (Å²) in [5.74, 6) is -0.555. The van der Waals surface area contributed by atoms with Crippen LogP contribution in [0.1, 0.15) is 15.9 Å². The van der Waals surface area contributed by atoms with Crippen molar-refractivity contribution < 1.29 is 9.59 Å². The first-order valence-corrected chi connectivity index (χ1v) is 9.16. The summed E-state index contributed by atoms with van der Waals surface area (Å²) in [7, 11) is 0. The summed E-state index contributed by atoms with van der Waals surface area (Å²) in [4.78, 5) is 25.0. The molecule has 0 aliphatic heterocycles. The zero-order chi connectivity index (χ0) is 19.9. The average Bonchev–Trinajstić information content (AvgIpc) is 2.70. The second-order valence-electron chi connectivity index (χ2n) is 6.23. The van der Waals surface area contributed by atoms with Gasteiger partial charge in [0, 0.05) is 16.4 Å². The van der Waals surface area contributed by atoms with Gasteiger partial charge in [-0.2, -0.15) is 0 Å². The van der Waals surface area contributed by atoms with Crippen LogP contribution in [0.25, 0.3) is 0 Å². The number of carbonyl (C=O) groups excluding carboxylic acids is 2. The SMILES string of the molecule is Cc1ccc(Cl)cc1NCC(=O)Nc1ccccc1C(=O)Nc1ccccc1. The molecule has 0 atom stereocenters. The number of rotatable bonds is 6. The number of anilines is 3. The third-order valence-corrected chi connectivity index (χ3v) is 4.35. The number of halogens is 1. The van der Waals surface area contributed by atoms with Gasteiger partial charge in [-0.15, -0.1) is 0 Å². The number of benzene rings is 3. The molecule has 3 rings (SSSR count). The van der Waals surface area contributed by atoms with Crippen LogP contribution in [0.5, 0.6) is 0 Å². The zero-order valence-corrected chi connectivity index (χ0v) is 16.1. The fourth-order valence-corrected chi connectivity index (χ4v) is 2.84. The zero-order valence-electron chi connectivity index (χ0n) is 15.3. The molecule has 0 radical (unpaired) electrons. The van der Waals surface area contributed by atoms with E-state index in [-0.39, 0.29) is 18.4 Å². The molecule has 3 aromatic carbocycles. The number of amides is 2. The first-order valence-electron chi connectivity index (χ1n) is 8.78. The van der Waals surface area contributed by atoms with E-state index in [1.807, 2.05) is 31.2 Å². The molecule has 0 unspecified atom stereocenters. The Morgan fingerprint density at radius 1 is 0.857 bits per heavy atom. The van der Waals surface area contributed by atoms with Crippen molar-refractivity contribution in [1.82, 2.24) is 0 Å². The monoisotopic (exact) mass is 393 g/mol. The molecule has 0 aromatic heterocycles. The molecular formula is C22H20ClN3O2. The minimum atomic E-state index is -0.291. The first kappa shape index (κ1) is 19.5. The standard InChI is InChI=1S/C22H20ClN3O2/c1-15-11-12-16(23)13-20(15)24-14-21(27)26-19-10-6-5-9-18(19)22(28)25-17-7-3-2-4-8-17/h2-13,24H,14H2,1H3,(H,25,28)(H,26,27). The molecule has 28 heavy (non-hydrogen) atoms. The summed E-state index contributed by atoms with van der Waals surface area (Å²) in [6.45, 7) is 1.98. The van der Waals surface area contributed by atoms with Gasteiger partial charge in [0.15, 0.2) is 0 Å². The Morgan fingerprint density at radius 3 is 2.36 bits per heavy atom. The lowest BCUT2D eigenvalue weighted by Crippen LogP contribution is -2.24. The van der Waals surface area contributed by atoms with Gasteiger partial charge < -0.3 is 16.0 Å². The van der Waals surface area contributed by atoms with Crippen molar-refractivity contribution in [3.05, 3.63) is 88.9 Å². The van der Waals surface area contributed by atoms with E-state index < -0.39 is 0 Å². The largest absolute Gasteiger partial charge is 0.376 e. The lowest BCUT2D eigenvalue weighted by atomic mass is 10.1. The summed E-state index contributed by atoms with van der Waals surface area (Å²) in [6.07, 6.45) is 0. The predicted molar refractivity (Wildman–Crippen MR) is 114 cm³/mol. The molecule has 142 valence electrons. The lowest BCUT2D eigenvalue weighted by molar-refractivity contribution is -0.114. The van der Waals surface area contributed by atoms with Crippen LogP contribution >= 0.6 is 11.6 Å². The summed E-state index contributed by atoms with van der Waals surface area (Å²) in [5, 5.41) is 9.27. The predicted octanol–water partition coefficient (Wildman–Crippen LogP) is 4.95. The van der Waals surface area contributed by atoms with Gasteiger partial charge >= 0.3 is 0 Å². The van der Waals surface area contributed by atoms with Gasteiger partial charge in [-0.3, -0.25) is 9.59 Å². The van der Waals surface area contributed by atoms with Crippen LogP contribution in [0, 0.1) is 6.92 Å². The van der Waals surface area contributed by atoms with Crippen LogP contribution < -0.4 is 16.0 Å². The van der Waals surface area contributed by atoms with E-state index >= 15 is 0 Å². The molecule has 0 aliphatic carbocycles. The first-order chi connectivity index (χ1) is 13.5. The molecule has 0 aliphatic rings. The van der Waals surface area contributed by atoms with Crippen molar-refractivity contribution in [3.8, 4) is 0 Å². The average molecular weight is 394 g/mol. The maximum absolute atomic E-state index is 12.6. The number of aryl methyl sites for hydroxylation is 1. The number of nitrogens with one attached hydrogen (secondary N) is 3. The Morgan fingerprint density at radius 2 is 1.57 bits per heavy atom. The Balaban J connectivity index is 1.66. The second kappa shape index (κ2) is 9.06.